The number of hydrogen-bond acceptors (Lipinski definition) is 2. The van der Waals surface area contributed by atoms with Gasteiger partial charge in [-0.1, -0.05) is 49.4 Å². The Bertz CT molecular complexity index is 611. The molecule has 0 spiro atoms. The number of thioether (sulfide) groups is 1. The second-order valence-electron chi connectivity index (χ2n) is 6.65. The standard InChI is InChI=1S/C20H23NS/c1-15-10-12-21(13-11-15)20-17-7-3-2-6-16(17)14-22-19-9-5-4-8-18(19)20/h2-9,15,20H,10-14H2,1H3. The zero-order valence-corrected chi connectivity index (χ0v) is 14.0. The van der Waals surface area contributed by atoms with Crippen LogP contribution < -0.4 is 0 Å². The summed E-state index contributed by atoms with van der Waals surface area (Å²) >= 11 is 1.99. The maximum atomic E-state index is 2.71. The van der Waals surface area contributed by atoms with Crippen molar-refractivity contribution in [2.75, 3.05) is 13.1 Å². The summed E-state index contributed by atoms with van der Waals surface area (Å²) in [6.07, 6.45) is 2.65. The lowest BCUT2D eigenvalue weighted by atomic mass is 9.90. The summed E-state index contributed by atoms with van der Waals surface area (Å²) < 4.78 is 0. The second kappa shape index (κ2) is 6.10. The van der Waals surface area contributed by atoms with Crippen molar-refractivity contribution in [1.82, 2.24) is 4.90 Å². The Morgan fingerprint density at radius 1 is 0.909 bits per heavy atom. The summed E-state index contributed by atoms with van der Waals surface area (Å²) in [5.74, 6) is 1.97. The molecule has 0 N–H and O–H groups in total. The van der Waals surface area contributed by atoms with Crippen LogP contribution in [0.5, 0.6) is 0 Å². The van der Waals surface area contributed by atoms with Crippen molar-refractivity contribution in [3.63, 3.8) is 0 Å². The topological polar surface area (TPSA) is 3.24 Å². The highest BCUT2D eigenvalue weighted by atomic mass is 32.2. The van der Waals surface area contributed by atoms with Gasteiger partial charge in [0, 0.05) is 10.6 Å². The van der Waals surface area contributed by atoms with Crippen LogP contribution >= 0.6 is 11.8 Å². The monoisotopic (exact) mass is 309 g/mol. The molecule has 4 rings (SSSR count). The van der Waals surface area contributed by atoms with Crippen LogP contribution in [0.15, 0.2) is 53.4 Å². The lowest BCUT2D eigenvalue weighted by Crippen LogP contribution is -2.37. The Balaban J connectivity index is 1.80. The minimum atomic E-state index is 0.440. The molecule has 2 aromatic carbocycles. The Hall–Kier alpha value is -1.25. The maximum Gasteiger partial charge on any atom is 0.0615 e. The minimum absolute atomic E-state index is 0.440. The van der Waals surface area contributed by atoms with E-state index in [9.17, 15) is 0 Å². The van der Waals surface area contributed by atoms with Crippen molar-refractivity contribution in [2.24, 2.45) is 5.92 Å². The molecule has 1 fully saturated rings. The van der Waals surface area contributed by atoms with Crippen molar-refractivity contribution < 1.29 is 0 Å². The number of rotatable bonds is 1. The van der Waals surface area contributed by atoms with Gasteiger partial charge >= 0.3 is 0 Å². The van der Waals surface area contributed by atoms with E-state index in [1.165, 1.54) is 47.5 Å². The van der Waals surface area contributed by atoms with E-state index in [0.29, 0.717) is 6.04 Å². The Labute approximate surface area is 137 Å². The van der Waals surface area contributed by atoms with Crippen LogP contribution in [0.3, 0.4) is 0 Å². The molecule has 114 valence electrons. The molecule has 2 aliphatic heterocycles. The third kappa shape index (κ3) is 2.59. The summed E-state index contributed by atoms with van der Waals surface area (Å²) in [5.41, 5.74) is 4.54. The molecule has 1 unspecified atom stereocenters. The first-order chi connectivity index (χ1) is 10.8. The van der Waals surface area contributed by atoms with Crippen LogP contribution in [0.2, 0.25) is 0 Å². The Morgan fingerprint density at radius 2 is 1.59 bits per heavy atom. The predicted octanol–water partition coefficient (Wildman–Crippen LogP) is 5.11. The third-order valence-electron chi connectivity index (χ3n) is 5.13. The smallest absolute Gasteiger partial charge is 0.0615 e. The van der Waals surface area contributed by atoms with Gasteiger partial charge in [0.05, 0.1) is 6.04 Å². The third-order valence-corrected chi connectivity index (χ3v) is 6.27. The molecule has 2 heteroatoms. The fraction of sp³-hybridized carbons (Fsp3) is 0.400. The molecule has 1 saturated heterocycles. The van der Waals surface area contributed by atoms with Crippen molar-refractivity contribution >= 4 is 11.8 Å². The van der Waals surface area contributed by atoms with Crippen LogP contribution in [0.25, 0.3) is 0 Å². The molecule has 0 radical (unpaired) electrons. The highest BCUT2D eigenvalue weighted by Gasteiger charge is 2.30. The summed E-state index contributed by atoms with van der Waals surface area (Å²) in [6.45, 7) is 4.83. The van der Waals surface area contributed by atoms with Gasteiger partial charge in [0.15, 0.2) is 0 Å². The number of nitrogens with zero attached hydrogens (tertiary/aromatic N) is 1. The number of piperidine rings is 1. The number of hydrogen-bond donors (Lipinski definition) is 0. The van der Waals surface area contributed by atoms with Gasteiger partial charge in [0.1, 0.15) is 0 Å². The van der Waals surface area contributed by atoms with Gasteiger partial charge in [0.25, 0.3) is 0 Å². The van der Waals surface area contributed by atoms with Crippen LogP contribution in [0.1, 0.15) is 42.5 Å². The van der Waals surface area contributed by atoms with Gasteiger partial charge in [0.2, 0.25) is 0 Å². The molecule has 2 aromatic rings. The van der Waals surface area contributed by atoms with E-state index in [4.69, 9.17) is 0 Å². The fourth-order valence-corrected chi connectivity index (χ4v) is 4.87. The molecule has 1 atom stereocenters. The highest BCUT2D eigenvalue weighted by molar-refractivity contribution is 7.98. The molecule has 0 aromatic heterocycles. The van der Waals surface area contributed by atoms with Crippen molar-refractivity contribution in [3.05, 3.63) is 65.2 Å². The van der Waals surface area contributed by atoms with Gasteiger partial charge in [-0.3, -0.25) is 4.90 Å². The van der Waals surface area contributed by atoms with Crippen LogP contribution in [0.4, 0.5) is 0 Å². The summed E-state index contributed by atoms with van der Waals surface area (Å²) in [5, 5.41) is 0. The Morgan fingerprint density at radius 3 is 2.41 bits per heavy atom. The second-order valence-corrected chi connectivity index (χ2v) is 7.66. The zero-order valence-electron chi connectivity index (χ0n) is 13.2. The van der Waals surface area contributed by atoms with E-state index in [0.717, 1.165) is 11.7 Å². The molecule has 22 heavy (non-hydrogen) atoms. The fourth-order valence-electron chi connectivity index (χ4n) is 3.77. The molecule has 1 nitrogen and oxygen atoms in total. The molecular formula is C20H23NS. The maximum absolute atomic E-state index is 2.71. The SMILES string of the molecule is CC1CCN(C2c3ccccc3CSc3ccccc32)CC1. The summed E-state index contributed by atoms with van der Waals surface area (Å²) in [4.78, 5) is 4.17. The molecule has 0 amide bonds. The average Bonchev–Trinajstić information content (AvgIpc) is 2.73. The first-order valence-electron chi connectivity index (χ1n) is 8.36. The number of fused-ring (bicyclic) bond motifs is 2. The average molecular weight is 309 g/mol. The van der Waals surface area contributed by atoms with E-state index in [1.807, 2.05) is 11.8 Å². The summed E-state index contributed by atoms with van der Waals surface area (Å²) in [7, 11) is 0. The van der Waals surface area contributed by atoms with E-state index >= 15 is 0 Å². The Kier molecular flexibility index (Phi) is 3.98. The summed E-state index contributed by atoms with van der Waals surface area (Å²) in [6, 6.07) is 18.5. The van der Waals surface area contributed by atoms with Gasteiger partial charge in [-0.05, 0) is 54.6 Å². The molecule has 0 saturated carbocycles. The normalized spacial score (nSPS) is 22.7. The van der Waals surface area contributed by atoms with Gasteiger partial charge in [-0.15, -0.1) is 11.8 Å². The zero-order chi connectivity index (χ0) is 14.9. The highest BCUT2D eigenvalue weighted by Crippen LogP contribution is 2.43. The van der Waals surface area contributed by atoms with E-state index in [-0.39, 0.29) is 0 Å². The molecule has 0 aliphatic carbocycles. The lowest BCUT2D eigenvalue weighted by Gasteiger charge is -2.37. The minimum Gasteiger partial charge on any atom is -0.292 e. The van der Waals surface area contributed by atoms with E-state index < -0.39 is 0 Å². The van der Waals surface area contributed by atoms with E-state index in [1.54, 1.807) is 0 Å². The first-order valence-corrected chi connectivity index (χ1v) is 9.35. The van der Waals surface area contributed by atoms with Crippen LogP contribution in [-0.4, -0.2) is 18.0 Å². The largest absolute Gasteiger partial charge is 0.292 e. The number of likely N-dealkylation sites (tertiary alicyclic amines) is 1. The quantitative estimate of drug-likeness (QED) is 0.720. The molecule has 2 heterocycles. The van der Waals surface area contributed by atoms with Crippen molar-refractivity contribution in [2.45, 2.75) is 36.5 Å². The lowest BCUT2D eigenvalue weighted by molar-refractivity contribution is 0.156. The molecule has 0 bridgehead atoms. The van der Waals surface area contributed by atoms with Crippen molar-refractivity contribution in [1.29, 1.82) is 0 Å². The van der Waals surface area contributed by atoms with Crippen molar-refractivity contribution in [3.8, 4) is 0 Å². The van der Waals surface area contributed by atoms with Crippen LogP contribution in [-0.2, 0) is 5.75 Å². The predicted molar refractivity (Wildman–Crippen MR) is 94.3 cm³/mol. The number of benzene rings is 2. The van der Waals surface area contributed by atoms with Gasteiger partial charge in [-0.25, -0.2) is 0 Å². The van der Waals surface area contributed by atoms with Crippen LogP contribution in [0, 0.1) is 5.92 Å². The molecule has 2 aliphatic rings. The van der Waals surface area contributed by atoms with Gasteiger partial charge in [-0.2, -0.15) is 0 Å². The van der Waals surface area contributed by atoms with E-state index in [2.05, 4.69) is 60.4 Å². The van der Waals surface area contributed by atoms with Gasteiger partial charge < -0.3 is 0 Å². The molecular weight excluding hydrogens is 286 g/mol. The first kappa shape index (κ1) is 14.3.